The number of thioether (sulfide) groups is 1. The zero-order valence-electron chi connectivity index (χ0n) is 25.5. The molecule has 2 fully saturated rings. The Morgan fingerprint density at radius 2 is 1.32 bits per heavy atom. The van der Waals surface area contributed by atoms with Crippen LogP contribution in [0.5, 0.6) is 0 Å². The summed E-state index contributed by atoms with van der Waals surface area (Å²) in [6.45, 7) is 33.6. The summed E-state index contributed by atoms with van der Waals surface area (Å²) in [4.78, 5) is 33.6. The van der Waals surface area contributed by atoms with Crippen molar-refractivity contribution in [2.75, 3.05) is 32.0 Å². The van der Waals surface area contributed by atoms with Gasteiger partial charge in [0.25, 0.3) is 0 Å². The third kappa shape index (κ3) is 15.4. The van der Waals surface area contributed by atoms with E-state index in [9.17, 15) is 14.4 Å². The van der Waals surface area contributed by atoms with Crippen LogP contribution >= 0.6 is 11.8 Å². The second-order valence-electron chi connectivity index (χ2n) is 12.6. The first-order chi connectivity index (χ1) is 17.3. The summed E-state index contributed by atoms with van der Waals surface area (Å²) in [5.74, 6) is 1.29. The number of hydrogen-bond donors (Lipinski definition) is 3. The van der Waals surface area contributed by atoms with Crippen molar-refractivity contribution in [3.63, 3.8) is 0 Å². The molecule has 3 amide bonds. The van der Waals surface area contributed by atoms with Gasteiger partial charge in [0.05, 0.1) is 12.7 Å². The second-order valence-corrected chi connectivity index (χ2v) is 13.8. The molecule has 0 aliphatic carbocycles. The number of rotatable bonds is 12. The number of epoxide rings is 1. The van der Waals surface area contributed by atoms with Crippen LogP contribution in [-0.2, 0) is 19.1 Å². The first-order valence-electron chi connectivity index (χ1n) is 13.3. The van der Waals surface area contributed by atoms with Gasteiger partial charge in [0.2, 0.25) is 17.7 Å². The molecule has 0 saturated carbocycles. The zero-order chi connectivity index (χ0) is 29.9. The van der Waals surface area contributed by atoms with Crippen LogP contribution in [-0.4, -0.2) is 61.1 Å². The lowest BCUT2D eigenvalue weighted by Crippen LogP contribution is -2.37. The Balaban J connectivity index is 0.000000541. The molecule has 3 N–H and O–H groups in total. The Morgan fingerprint density at radius 1 is 0.895 bits per heavy atom. The average molecular weight is 552 g/mol. The summed E-state index contributed by atoms with van der Waals surface area (Å²) < 4.78 is 5.19. The van der Waals surface area contributed by atoms with Gasteiger partial charge in [-0.15, -0.1) is 6.58 Å². The van der Waals surface area contributed by atoms with Crippen molar-refractivity contribution in [3.05, 3.63) is 37.0 Å². The number of nitrogens with one attached hydrogen (secondary N) is 3. The number of carbonyl (C=O) groups is 3. The Morgan fingerprint density at radius 3 is 1.63 bits per heavy atom. The topological polar surface area (TPSA) is 99.8 Å². The molecule has 0 aromatic carbocycles. The summed E-state index contributed by atoms with van der Waals surface area (Å²) in [6, 6.07) is 0. The van der Waals surface area contributed by atoms with Crippen LogP contribution in [0.1, 0.15) is 69.2 Å². The molecule has 218 valence electrons. The van der Waals surface area contributed by atoms with Gasteiger partial charge in [0, 0.05) is 53.1 Å². The maximum atomic E-state index is 11.2. The van der Waals surface area contributed by atoms with Crippen molar-refractivity contribution in [1.82, 2.24) is 16.0 Å². The summed E-state index contributed by atoms with van der Waals surface area (Å²) in [7, 11) is 0. The van der Waals surface area contributed by atoms with Gasteiger partial charge in [-0.2, -0.15) is 11.8 Å². The van der Waals surface area contributed by atoms with Crippen molar-refractivity contribution in [1.29, 1.82) is 0 Å². The molecule has 0 aromatic heterocycles. The van der Waals surface area contributed by atoms with Crippen molar-refractivity contribution >= 4 is 29.5 Å². The lowest BCUT2D eigenvalue weighted by atomic mass is 9.89. The molecule has 2 rings (SSSR count). The first-order valence-corrected chi connectivity index (χ1v) is 14.3. The lowest BCUT2D eigenvalue weighted by Gasteiger charge is -2.23. The fraction of sp³-hybridized carbons (Fsp3) is 0.700. The first kappa shape index (κ1) is 35.9. The fourth-order valence-corrected chi connectivity index (χ4v) is 3.82. The Labute approximate surface area is 236 Å². The van der Waals surface area contributed by atoms with E-state index in [1.165, 1.54) is 5.75 Å². The van der Waals surface area contributed by atoms with Crippen LogP contribution in [0.15, 0.2) is 37.0 Å². The van der Waals surface area contributed by atoms with Crippen molar-refractivity contribution in [2.24, 2.45) is 22.2 Å². The third-order valence-electron chi connectivity index (χ3n) is 6.39. The molecule has 8 heteroatoms. The predicted molar refractivity (Wildman–Crippen MR) is 161 cm³/mol. The molecular formula is C30H53N3O4S. The lowest BCUT2D eigenvalue weighted by molar-refractivity contribution is -0.124. The molecule has 7 nitrogen and oxygen atoms in total. The number of hydrogen-bond acceptors (Lipinski definition) is 5. The van der Waals surface area contributed by atoms with Gasteiger partial charge in [-0.25, -0.2) is 0 Å². The van der Waals surface area contributed by atoms with Crippen LogP contribution in [0.25, 0.3) is 0 Å². The Hall–Kier alpha value is -2.06. The summed E-state index contributed by atoms with van der Waals surface area (Å²) in [6.07, 6.45) is 2.16. The molecule has 0 bridgehead atoms. The summed E-state index contributed by atoms with van der Waals surface area (Å²) in [5, 5.41) is 9.30. The smallest absolute Gasteiger partial charge is 0.246 e. The van der Waals surface area contributed by atoms with Gasteiger partial charge in [0.1, 0.15) is 0 Å². The predicted octanol–water partition coefficient (Wildman–Crippen LogP) is 4.89. The van der Waals surface area contributed by atoms with Crippen LogP contribution in [0.3, 0.4) is 0 Å². The maximum absolute atomic E-state index is 11.2. The highest BCUT2D eigenvalue weighted by atomic mass is 32.2. The van der Waals surface area contributed by atoms with Gasteiger partial charge < -0.3 is 20.7 Å². The molecule has 2 saturated heterocycles. The van der Waals surface area contributed by atoms with E-state index in [-0.39, 0.29) is 39.9 Å². The number of ether oxygens (including phenoxy) is 1. The molecule has 0 radical (unpaired) electrons. The van der Waals surface area contributed by atoms with Crippen LogP contribution in [0.4, 0.5) is 0 Å². The monoisotopic (exact) mass is 551 g/mol. The average Bonchev–Trinajstić information content (AvgIpc) is 3.71. The van der Waals surface area contributed by atoms with Crippen molar-refractivity contribution in [3.8, 4) is 0 Å². The molecule has 2 unspecified atom stereocenters. The Bertz CT molecular complexity index is 804. The molecule has 38 heavy (non-hydrogen) atoms. The summed E-state index contributed by atoms with van der Waals surface area (Å²) >= 11 is 1.96. The minimum Gasteiger partial charge on any atom is -0.372 e. The van der Waals surface area contributed by atoms with E-state index in [0.29, 0.717) is 30.3 Å². The van der Waals surface area contributed by atoms with Gasteiger partial charge in [-0.05, 0) is 24.7 Å². The molecule has 2 aliphatic heterocycles. The van der Waals surface area contributed by atoms with Gasteiger partial charge in [-0.1, -0.05) is 74.6 Å². The van der Waals surface area contributed by atoms with Crippen LogP contribution in [0, 0.1) is 22.2 Å². The highest BCUT2D eigenvalue weighted by Gasteiger charge is 2.40. The molecule has 2 atom stereocenters. The third-order valence-corrected chi connectivity index (χ3v) is 7.69. The van der Waals surface area contributed by atoms with E-state index in [2.05, 4.69) is 63.4 Å². The quantitative estimate of drug-likeness (QED) is 0.182. The minimum atomic E-state index is -0.0753. The fourth-order valence-electron chi connectivity index (χ4n) is 2.74. The van der Waals surface area contributed by atoms with E-state index >= 15 is 0 Å². The Kier molecular flexibility index (Phi) is 14.7. The summed E-state index contributed by atoms with van der Waals surface area (Å²) in [5.41, 5.74) is 1.37. The van der Waals surface area contributed by atoms with E-state index in [0.717, 1.165) is 18.4 Å². The normalized spacial score (nSPS) is 18.0. The van der Waals surface area contributed by atoms with E-state index in [4.69, 9.17) is 4.74 Å². The van der Waals surface area contributed by atoms with E-state index < -0.39 is 0 Å². The highest BCUT2D eigenvalue weighted by Crippen LogP contribution is 2.44. The second kappa shape index (κ2) is 15.5. The van der Waals surface area contributed by atoms with Crippen molar-refractivity contribution in [2.45, 2.75) is 80.6 Å². The van der Waals surface area contributed by atoms with Gasteiger partial charge in [-0.3, -0.25) is 14.4 Å². The van der Waals surface area contributed by atoms with Crippen LogP contribution in [0.2, 0.25) is 0 Å². The SMILES string of the molecule is C=C(C)C(=O)NCC(C)(C)C1CO1.C=C(C)C(=O)NCC(C)(C)C1CS1.C=CC(C)(C)CNC(=O)C(C)C. The standard InChI is InChI=1S/C10H17NO2.C10H17NOS.C10H19NO/c2*1-7(2)9(12)11-6-10(3,4)8-5-13-8;1-6-10(4,5)7-11-9(12)8(2)3/h2*8H,1,5-6H2,2-4H3,(H,11,12);6,8H,1,7H2,2-5H3,(H,11,12). The van der Waals surface area contributed by atoms with Gasteiger partial charge in [0.15, 0.2) is 0 Å². The molecule has 0 aromatic rings. The van der Waals surface area contributed by atoms with Crippen LogP contribution < -0.4 is 16.0 Å². The largest absolute Gasteiger partial charge is 0.372 e. The molecular weight excluding hydrogens is 498 g/mol. The number of amides is 3. The molecule has 0 spiro atoms. The van der Waals surface area contributed by atoms with Crippen molar-refractivity contribution < 1.29 is 19.1 Å². The van der Waals surface area contributed by atoms with E-state index in [1.807, 2.05) is 45.5 Å². The van der Waals surface area contributed by atoms with Gasteiger partial charge >= 0.3 is 0 Å². The number of carbonyl (C=O) groups excluding carboxylic acids is 3. The molecule has 2 heterocycles. The maximum Gasteiger partial charge on any atom is 0.246 e. The highest BCUT2D eigenvalue weighted by molar-refractivity contribution is 8.06. The zero-order valence-corrected chi connectivity index (χ0v) is 26.3. The minimum absolute atomic E-state index is 0.00937. The molecule has 2 aliphatic rings. The van der Waals surface area contributed by atoms with E-state index in [1.54, 1.807) is 13.8 Å².